The largest absolute Gasteiger partial charge is 0.0657 e. The predicted octanol–water partition coefficient (Wildman–Crippen LogP) is 6.01. The van der Waals surface area contributed by atoms with Crippen molar-refractivity contribution >= 4 is 41.6 Å². The van der Waals surface area contributed by atoms with Crippen LogP contribution in [0, 0.1) is 0 Å². The molecule has 3 heteroatoms. The summed E-state index contributed by atoms with van der Waals surface area (Å²) in [5, 5.41) is 0.985. The summed E-state index contributed by atoms with van der Waals surface area (Å²) in [6.45, 7) is 13.6. The van der Waals surface area contributed by atoms with Gasteiger partial charge in [-0.2, -0.15) is 0 Å². The summed E-state index contributed by atoms with van der Waals surface area (Å²) >= 11 is 7.36. The molecule has 0 atom stereocenters. The highest BCUT2D eigenvalue weighted by Crippen LogP contribution is 2.52. The van der Waals surface area contributed by atoms with E-state index >= 15 is 0 Å². The van der Waals surface area contributed by atoms with Crippen LogP contribution in [0.1, 0.15) is 52.7 Å². The van der Waals surface area contributed by atoms with E-state index in [1.54, 1.807) is 0 Å². The van der Waals surface area contributed by atoms with E-state index in [0.29, 0.717) is 0 Å². The zero-order chi connectivity index (χ0) is 13.4. The summed E-state index contributed by atoms with van der Waals surface area (Å²) in [5.41, 5.74) is 3.23. The van der Waals surface area contributed by atoms with Crippen molar-refractivity contribution in [1.82, 2.24) is 0 Å². The maximum atomic E-state index is 3.68. The molecule has 0 saturated heterocycles. The molecule has 0 amide bonds. The van der Waals surface area contributed by atoms with E-state index < -0.39 is 5.33 Å². The lowest BCUT2D eigenvalue weighted by atomic mass is 9.81. The van der Waals surface area contributed by atoms with Crippen molar-refractivity contribution in [1.29, 1.82) is 0 Å². The highest BCUT2D eigenvalue weighted by atomic mass is 79.9. The first-order valence-corrected chi connectivity index (χ1v) is 11.2. The van der Waals surface area contributed by atoms with Gasteiger partial charge >= 0.3 is 0 Å². The lowest BCUT2D eigenvalue weighted by Gasteiger charge is -2.27. The Morgan fingerprint density at radius 2 is 1.41 bits per heavy atom. The Morgan fingerprint density at radius 3 is 1.76 bits per heavy atom. The molecule has 0 nitrogen and oxygen atoms in total. The molecule has 0 bridgehead atoms. The average molecular weight is 380 g/mol. The molecule has 0 N–H and O–H groups in total. The van der Waals surface area contributed by atoms with Gasteiger partial charge in [-0.25, -0.2) is 0 Å². The van der Waals surface area contributed by atoms with Crippen LogP contribution in [0.2, 0.25) is 0 Å². The highest BCUT2D eigenvalue weighted by molar-refractivity contribution is 9.70. The SMILES string of the molecule is CC(C)(C)c1ccc(P(Br)Br)c(C(C)(C)C)c1. The average Bonchev–Trinajstić information content (AvgIpc) is 2.14. The molecule has 0 spiro atoms. The summed E-state index contributed by atoms with van der Waals surface area (Å²) in [6.07, 6.45) is 0. The van der Waals surface area contributed by atoms with E-state index in [9.17, 15) is 0 Å². The first kappa shape index (κ1) is 15.7. The molecule has 1 rings (SSSR count). The summed E-state index contributed by atoms with van der Waals surface area (Å²) in [5.74, 6) is 0. The monoisotopic (exact) mass is 378 g/mol. The van der Waals surface area contributed by atoms with Crippen LogP contribution in [0.25, 0.3) is 0 Å². The fourth-order valence-electron chi connectivity index (χ4n) is 1.75. The van der Waals surface area contributed by atoms with Gasteiger partial charge in [0.2, 0.25) is 0 Å². The van der Waals surface area contributed by atoms with Crippen molar-refractivity contribution in [3.05, 3.63) is 29.3 Å². The Kier molecular flexibility index (Phi) is 4.89. The van der Waals surface area contributed by atoms with Crippen LogP contribution in [-0.4, -0.2) is 0 Å². The molecule has 0 fully saturated rings. The predicted molar refractivity (Wildman–Crippen MR) is 88.3 cm³/mol. The molecule has 96 valence electrons. The molecular weight excluding hydrogens is 359 g/mol. The fourth-order valence-corrected chi connectivity index (χ4v) is 4.38. The minimum atomic E-state index is -0.404. The normalized spacial score (nSPS) is 13.2. The third kappa shape index (κ3) is 4.04. The van der Waals surface area contributed by atoms with Gasteiger partial charge in [0.25, 0.3) is 0 Å². The number of hydrogen-bond donors (Lipinski definition) is 0. The van der Waals surface area contributed by atoms with Gasteiger partial charge in [0.05, 0.1) is 5.33 Å². The molecule has 0 heterocycles. The van der Waals surface area contributed by atoms with Crippen molar-refractivity contribution in [3.63, 3.8) is 0 Å². The topological polar surface area (TPSA) is 0 Å². The first-order chi connectivity index (χ1) is 7.53. The van der Waals surface area contributed by atoms with Gasteiger partial charge in [0.15, 0.2) is 0 Å². The Hall–Kier alpha value is 0.610. The zero-order valence-electron chi connectivity index (χ0n) is 11.4. The van der Waals surface area contributed by atoms with Crippen LogP contribution >= 0.6 is 36.3 Å². The second-order valence-corrected chi connectivity index (χ2v) is 14.5. The minimum absolute atomic E-state index is 0.179. The summed E-state index contributed by atoms with van der Waals surface area (Å²) < 4.78 is 0. The lowest BCUT2D eigenvalue weighted by molar-refractivity contribution is 0.571. The molecular formula is C14H21Br2P. The van der Waals surface area contributed by atoms with Gasteiger partial charge in [0.1, 0.15) is 0 Å². The smallest absolute Gasteiger partial charge is 0.0578 e. The molecule has 17 heavy (non-hydrogen) atoms. The molecule has 0 unspecified atom stereocenters. The van der Waals surface area contributed by atoms with Crippen LogP contribution in [0.5, 0.6) is 0 Å². The lowest BCUT2D eigenvalue weighted by Crippen LogP contribution is -2.23. The van der Waals surface area contributed by atoms with Gasteiger partial charge in [0, 0.05) is 5.30 Å². The maximum absolute atomic E-state index is 3.68. The summed E-state index contributed by atoms with van der Waals surface area (Å²) in [6, 6.07) is 6.88. The van der Waals surface area contributed by atoms with Gasteiger partial charge in [-0.15, -0.1) is 0 Å². The van der Waals surface area contributed by atoms with E-state index in [-0.39, 0.29) is 10.8 Å². The second kappa shape index (κ2) is 5.31. The standard InChI is InChI=1S/C14H21Br2P/c1-13(2,3)10-7-8-12(17(15)16)11(9-10)14(4,5)6/h7-9H,1-6H3. The van der Waals surface area contributed by atoms with E-state index in [4.69, 9.17) is 0 Å². The van der Waals surface area contributed by atoms with Crippen molar-refractivity contribution in [2.75, 3.05) is 0 Å². The molecule has 0 aromatic heterocycles. The van der Waals surface area contributed by atoms with Crippen molar-refractivity contribution < 1.29 is 0 Å². The van der Waals surface area contributed by atoms with Crippen LogP contribution in [0.3, 0.4) is 0 Å². The molecule has 0 saturated carbocycles. The number of halogens is 2. The van der Waals surface area contributed by atoms with Crippen LogP contribution in [0.15, 0.2) is 18.2 Å². The van der Waals surface area contributed by atoms with Gasteiger partial charge in [-0.1, -0.05) is 59.7 Å². The zero-order valence-corrected chi connectivity index (χ0v) is 15.5. The fraction of sp³-hybridized carbons (Fsp3) is 0.571. The minimum Gasteiger partial charge on any atom is -0.0578 e. The van der Waals surface area contributed by atoms with E-state index in [2.05, 4.69) is 90.7 Å². The Balaban J connectivity index is 3.41. The molecule has 0 aliphatic heterocycles. The molecule has 0 radical (unpaired) electrons. The Bertz CT molecular complexity index is 398. The first-order valence-electron chi connectivity index (χ1n) is 5.80. The summed E-state index contributed by atoms with van der Waals surface area (Å²) in [7, 11) is 0. The van der Waals surface area contributed by atoms with Crippen LogP contribution in [-0.2, 0) is 10.8 Å². The van der Waals surface area contributed by atoms with Crippen molar-refractivity contribution in [3.8, 4) is 0 Å². The number of rotatable bonds is 1. The molecule has 0 aliphatic carbocycles. The molecule has 1 aromatic carbocycles. The second-order valence-electron chi connectivity index (χ2n) is 6.46. The Labute approximate surface area is 123 Å². The van der Waals surface area contributed by atoms with Crippen molar-refractivity contribution in [2.24, 2.45) is 0 Å². The maximum Gasteiger partial charge on any atom is 0.0657 e. The van der Waals surface area contributed by atoms with Crippen LogP contribution < -0.4 is 5.30 Å². The molecule has 0 aliphatic rings. The van der Waals surface area contributed by atoms with Gasteiger partial charge in [-0.05, 0) is 52.9 Å². The third-order valence-electron chi connectivity index (χ3n) is 2.85. The Morgan fingerprint density at radius 1 is 0.882 bits per heavy atom. The van der Waals surface area contributed by atoms with Crippen molar-refractivity contribution in [2.45, 2.75) is 52.4 Å². The molecule has 1 aromatic rings. The van der Waals surface area contributed by atoms with E-state index in [1.165, 1.54) is 16.4 Å². The summed E-state index contributed by atoms with van der Waals surface area (Å²) in [4.78, 5) is 0. The van der Waals surface area contributed by atoms with Gasteiger partial charge < -0.3 is 0 Å². The van der Waals surface area contributed by atoms with Gasteiger partial charge in [-0.3, -0.25) is 0 Å². The highest BCUT2D eigenvalue weighted by Gasteiger charge is 2.23. The quantitative estimate of drug-likeness (QED) is 0.524. The van der Waals surface area contributed by atoms with E-state index in [1.807, 2.05) is 0 Å². The number of hydrogen-bond acceptors (Lipinski definition) is 0. The van der Waals surface area contributed by atoms with E-state index in [0.717, 1.165) is 0 Å². The number of benzene rings is 1. The third-order valence-corrected chi connectivity index (χ3v) is 5.90. The van der Waals surface area contributed by atoms with Crippen LogP contribution in [0.4, 0.5) is 0 Å².